The third kappa shape index (κ3) is 2.38. The summed E-state index contributed by atoms with van der Waals surface area (Å²) in [5.74, 6) is -0.107. The molecule has 4 aromatic rings. The number of aryl methyl sites for hydroxylation is 2. The Kier molecular flexibility index (Phi) is 3.61. The van der Waals surface area contributed by atoms with Crippen molar-refractivity contribution in [3.63, 3.8) is 0 Å². The second-order valence-corrected chi connectivity index (χ2v) is 6.00. The molecule has 4 heterocycles. The van der Waals surface area contributed by atoms with E-state index in [1.165, 1.54) is 13.2 Å². The molecule has 26 heavy (non-hydrogen) atoms. The number of primary amides is 1. The minimum absolute atomic E-state index is 0.152. The van der Waals surface area contributed by atoms with Gasteiger partial charge in [-0.3, -0.25) is 9.48 Å². The highest BCUT2D eigenvalue weighted by atomic mass is 16.5. The molecule has 8 nitrogen and oxygen atoms in total. The molecule has 0 radical (unpaired) electrons. The van der Waals surface area contributed by atoms with Crippen LogP contribution in [0.1, 0.15) is 23.1 Å². The average Bonchev–Trinajstić information content (AvgIpc) is 3.20. The zero-order valence-corrected chi connectivity index (χ0v) is 14.7. The summed E-state index contributed by atoms with van der Waals surface area (Å²) in [5.41, 5.74) is 10.2. The van der Waals surface area contributed by atoms with E-state index in [0.717, 1.165) is 29.0 Å². The molecule has 0 aromatic carbocycles. The van der Waals surface area contributed by atoms with Gasteiger partial charge in [0.05, 0.1) is 24.2 Å². The number of nitrogens with one attached hydrogen (secondary N) is 1. The summed E-state index contributed by atoms with van der Waals surface area (Å²) in [7, 11) is 1.53. The van der Waals surface area contributed by atoms with E-state index < -0.39 is 5.91 Å². The zero-order valence-electron chi connectivity index (χ0n) is 14.7. The largest absolute Gasteiger partial charge is 0.494 e. The van der Waals surface area contributed by atoms with Crippen LogP contribution in [0.15, 0.2) is 24.3 Å². The first-order valence-electron chi connectivity index (χ1n) is 8.24. The summed E-state index contributed by atoms with van der Waals surface area (Å²) in [6.07, 6.45) is 0. The van der Waals surface area contributed by atoms with Gasteiger partial charge >= 0.3 is 0 Å². The zero-order chi connectivity index (χ0) is 18.4. The van der Waals surface area contributed by atoms with Crippen LogP contribution < -0.4 is 10.5 Å². The molecule has 132 valence electrons. The van der Waals surface area contributed by atoms with Crippen LogP contribution in [0.2, 0.25) is 0 Å². The Morgan fingerprint density at radius 2 is 2.12 bits per heavy atom. The van der Waals surface area contributed by atoms with Gasteiger partial charge in [0.25, 0.3) is 5.91 Å². The molecule has 0 aliphatic heterocycles. The smallest absolute Gasteiger partial charge is 0.267 e. The third-order valence-electron chi connectivity index (χ3n) is 4.31. The number of ether oxygens (including phenoxy) is 1. The quantitative estimate of drug-likeness (QED) is 0.587. The summed E-state index contributed by atoms with van der Waals surface area (Å²) in [4.78, 5) is 23.9. The predicted octanol–water partition coefficient (Wildman–Crippen LogP) is 2.41. The molecule has 4 aromatic heterocycles. The lowest BCUT2D eigenvalue weighted by Gasteiger charge is -2.04. The van der Waals surface area contributed by atoms with Crippen molar-refractivity contribution in [2.75, 3.05) is 7.11 Å². The topological polar surface area (TPSA) is 112 Å². The molecule has 1 amide bonds. The molecule has 0 atom stereocenters. The van der Waals surface area contributed by atoms with Crippen LogP contribution >= 0.6 is 0 Å². The van der Waals surface area contributed by atoms with E-state index in [-0.39, 0.29) is 5.69 Å². The first-order chi connectivity index (χ1) is 12.5. The number of H-pyrrole nitrogens is 1. The first-order valence-corrected chi connectivity index (χ1v) is 8.24. The number of nitrogens with zero attached hydrogens (tertiary/aromatic N) is 4. The van der Waals surface area contributed by atoms with Crippen LogP contribution in [0.5, 0.6) is 5.75 Å². The summed E-state index contributed by atoms with van der Waals surface area (Å²) in [6, 6.07) is 7.38. The van der Waals surface area contributed by atoms with Gasteiger partial charge in [0.2, 0.25) is 0 Å². The molecule has 0 fully saturated rings. The Balaban J connectivity index is 1.97. The molecule has 4 rings (SSSR count). The minimum Gasteiger partial charge on any atom is -0.494 e. The summed E-state index contributed by atoms with van der Waals surface area (Å²) in [5, 5.41) is 5.27. The van der Waals surface area contributed by atoms with Crippen molar-refractivity contribution < 1.29 is 9.53 Å². The van der Waals surface area contributed by atoms with Crippen LogP contribution in [-0.4, -0.2) is 37.7 Å². The first kappa shape index (κ1) is 16.1. The van der Waals surface area contributed by atoms with Crippen molar-refractivity contribution in [2.24, 2.45) is 5.73 Å². The summed E-state index contributed by atoms with van der Waals surface area (Å²) < 4.78 is 7.29. The SMILES string of the molecule is CCn1nc(C)cc1-c1ccc2c(n1)[nH]c1c(OC)cc(C(N)=O)nc12. The molecule has 0 bridgehead atoms. The van der Waals surface area contributed by atoms with Crippen LogP contribution in [0.25, 0.3) is 33.5 Å². The van der Waals surface area contributed by atoms with Crippen molar-refractivity contribution in [1.29, 1.82) is 0 Å². The molecule has 0 unspecified atom stereocenters. The van der Waals surface area contributed by atoms with E-state index in [1.54, 1.807) is 0 Å². The van der Waals surface area contributed by atoms with Crippen LogP contribution in [0, 0.1) is 6.92 Å². The van der Waals surface area contributed by atoms with Crippen molar-refractivity contribution >= 4 is 28.0 Å². The fourth-order valence-electron chi connectivity index (χ4n) is 3.12. The molecular formula is C18H18N6O2. The van der Waals surface area contributed by atoms with E-state index in [0.29, 0.717) is 22.4 Å². The molecule has 8 heteroatoms. The van der Waals surface area contributed by atoms with Gasteiger partial charge in [-0.25, -0.2) is 9.97 Å². The molecule has 0 saturated carbocycles. The lowest BCUT2D eigenvalue weighted by Crippen LogP contribution is -2.13. The van der Waals surface area contributed by atoms with Crippen LogP contribution in [-0.2, 0) is 6.54 Å². The van der Waals surface area contributed by atoms with Gasteiger partial charge in [-0.2, -0.15) is 5.10 Å². The lowest BCUT2D eigenvalue weighted by molar-refractivity contribution is 0.0995. The van der Waals surface area contributed by atoms with E-state index in [4.69, 9.17) is 15.5 Å². The monoisotopic (exact) mass is 350 g/mol. The van der Waals surface area contributed by atoms with Crippen molar-refractivity contribution in [3.05, 3.63) is 35.7 Å². The van der Waals surface area contributed by atoms with Crippen LogP contribution in [0.4, 0.5) is 0 Å². The number of methoxy groups -OCH3 is 1. The Bertz CT molecular complexity index is 1160. The Hall–Kier alpha value is -3.42. The van der Waals surface area contributed by atoms with Crippen molar-refractivity contribution in [1.82, 2.24) is 24.7 Å². The fraction of sp³-hybridized carbons (Fsp3) is 0.222. The lowest BCUT2D eigenvalue weighted by atomic mass is 10.2. The Labute approximate surface area is 149 Å². The molecule has 0 aliphatic rings. The van der Waals surface area contributed by atoms with Gasteiger partial charge < -0.3 is 15.5 Å². The maximum atomic E-state index is 11.6. The van der Waals surface area contributed by atoms with Crippen LogP contribution in [0.3, 0.4) is 0 Å². The second-order valence-electron chi connectivity index (χ2n) is 6.00. The number of amides is 1. The van der Waals surface area contributed by atoms with E-state index >= 15 is 0 Å². The highest BCUT2D eigenvalue weighted by Gasteiger charge is 2.17. The standard InChI is InChI=1S/C18H18N6O2/c1-4-24-13(7-9(2)23-24)11-6-5-10-15-16(22-18(10)21-11)14(26-3)8-12(20-15)17(19)25/h5-8H,4H2,1-3H3,(H2,19,25)(H,21,22). The highest BCUT2D eigenvalue weighted by molar-refractivity contribution is 6.07. The Morgan fingerprint density at radius 1 is 1.31 bits per heavy atom. The number of hydrogen-bond donors (Lipinski definition) is 2. The normalized spacial score (nSPS) is 11.3. The number of aromatic amines is 1. The number of carbonyl (C=O) groups is 1. The molecule has 0 aliphatic carbocycles. The highest BCUT2D eigenvalue weighted by Crippen LogP contribution is 2.31. The fourth-order valence-corrected chi connectivity index (χ4v) is 3.12. The third-order valence-corrected chi connectivity index (χ3v) is 4.31. The summed E-state index contributed by atoms with van der Waals surface area (Å²) >= 11 is 0. The maximum Gasteiger partial charge on any atom is 0.267 e. The number of aromatic nitrogens is 5. The molecule has 3 N–H and O–H groups in total. The van der Waals surface area contributed by atoms with E-state index in [9.17, 15) is 4.79 Å². The second kappa shape index (κ2) is 5.83. The number of hydrogen-bond acceptors (Lipinski definition) is 5. The maximum absolute atomic E-state index is 11.6. The van der Waals surface area contributed by atoms with Gasteiger partial charge in [-0.1, -0.05) is 0 Å². The summed E-state index contributed by atoms with van der Waals surface area (Å²) in [6.45, 7) is 4.75. The van der Waals surface area contributed by atoms with Gasteiger partial charge in [0, 0.05) is 18.0 Å². The van der Waals surface area contributed by atoms with Gasteiger partial charge in [-0.15, -0.1) is 0 Å². The van der Waals surface area contributed by atoms with Gasteiger partial charge in [0.15, 0.2) is 0 Å². The average molecular weight is 350 g/mol. The predicted molar refractivity (Wildman–Crippen MR) is 98.1 cm³/mol. The van der Waals surface area contributed by atoms with Gasteiger partial charge in [0.1, 0.15) is 28.1 Å². The van der Waals surface area contributed by atoms with E-state index in [1.807, 2.05) is 36.7 Å². The van der Waals surface area contributed by atoms with Gasteiger partial charge in [-0.05, 0) is 32.0 Å². The number of fused-ring (bicyclic) bond motifs is 3. The van der Waals surface area contributed by atoms with Crippen molar-refractivity contribution in [2.45, 2.75) is 20.4 Å². The molecule has 0 saturated heterocycles. The number of carbonyl (C=O) groups excluding carboxylic acids is 1. The number of pyridine rings is 2. The van der Waals surface area contributed by atoms with Crippen molar-refractivity contribution in [3.8, 4) is 17.1 Å². The molecular weight excluding hydrogens is 332 g/mol. The molecule has 0 spiro atoms. The minimum atomic E-state index is -0.605. The van der Waals surface area contributed by atoms with E-state index in [2.05, 4.69) is 15.1 Å². The number of nitrogens with two attached hydrogens (primary N) is 1. The number of rotatable bonds is 4. The Morgan fingerprint density at radius 3 is 2.81 bits per heavy atom.